The van der Waals surface area contributed by atoms with Gasteiger partial charge in [0.1, 0.15) is 0 Å². The summed E-state index contributed by atoms with van der Waals surface area (Å²) in [5.74, 6) is -0.451. The summed E-state index contributed by atoms with van der Waals surface area (Å²) in [6.45, 7) is 1.29. The van der Waals surface area contributed by atoms with Crippen LogP contribution < -0.4 is 10.4 Å². The van der Waals surface area contributed by atoms with Gasteiger partial charge in [-0.3, -0.25) is 15.1 Å². The molecule has 0 radical (unpaired) electrons. The molecule has 200 valence electrons. The van der Waals surface area contributed by atoms with Crippen LogP contribution in [0.15, 0.2) is 84.9 Å². The lowest BCUT2D eigenvalue weighted by atomic mass is 9.94. The number of benzene rings is 3. The van der Waals surface area contributed by atoms with E-state index in [1.54, 1.807) is 24.3 Å². The van der Waals surface area contributed by atoms with E-state index in [1.165, 1.54) is 7.11 Å². The SMILES string of the molecule is COC(=O)N(NC(=O)c1c(CN2CCCCC2CO)c(-c2ccccc2)nc2ccccc12)c1ccccc1. The van der Waals surface area contributed by atoms with Crippen LogP contribution in [-0.2, 0) is 11.3 Å². The van der Waals surface area contributed by atoms with Gasteiger partial charge < -0.3 is 9.84 Å². The van der Waals surface area contributed by atoms with Crippen molar-refractivity contribution in [3.8, 4) is 11.3 Å². The molecular formula is C31H32N4O4. The number of para-hydroxylation sites is 2. The second kappa shape index (κ2) is 12.1. The Labute approximate surface area is 227 Å². The van der Waals surface area contributed by atoms with Gasteiger partial charge in [-0.1, -0.05) is 73.2 Å². The number of likely N-dealkylation sites (tertiary alicyclic amines) is 1. The number of carbonyl (C=O) groups excluding carboxylic acids is 2. The number of nitrogens with one attached hydrogen (secondary N) is 1. The predicted molar refractivity (Wildman–Crippen MR) is 151 cm³/mol. The molecule has 2 heterocycles. The summed E-state index contributed by atoms with van der Waals surface area (Å²) < 4.78 is 4.99. The number of ether oxygens (including phenoxy) is 1. The molecule has 0 aliphatic carbocycles. The van der Waals surface area contributed by atoms with E-state index in [0.717, 1.165) is 41.9 Å². The van der Waals surface area contributed by atoms with Crippen molar-refractivity contribution in [1.82, 2.24) is 15.3 Å². The summed E-state index contributed by atoms with van der Waals surface area (Å²) in [4.78, 5) is 34.2. The number of anilines is 1. The maximum atomic E-state index is 14.2. The molecule has 0 saturated carbocycles. The minimum absolute atomic E-state index is 0.000594. The number of nitrogens with zero attached hydrogens (tertiary/aromatic N) is 3. The van der Waals surface area contributed by atoms with E-state index in [-0.39, 0.29) is 12.6 Å². The van der Waals surface area contributed by atoms with Gasteiger partial charge >= 0.3 is 6.09 Å². The number of aromatic nitrogens is 1. The van der Waals surface area contributed by atoms with Gasteiger partial charge in [-0.05, 0) is 37.6 Å². The van der Waals surface area contributed by atoms with Gasteiger partial charge in [0.25, 0.3) is 5.91 Å². The normalized spacial score (nSPS) is 15.6. The third-order valence-corrected chi connectivity index (χ3v) is 7.17. The lowest BCUT2D eigenvalue weighted by Crippen LogP contribution is -2.47. The lowest BCUT2D eigenvalue weighted by molar-refractivity contribution is 0.0830. The van der Waals surface area contributed by atoms with Gasteiger partial charge in [0.05, 0.1) is 36.2 Å². The maximum Gasteiger partial charge on any atom is 0.433 e. The maximum absolute atomic E-state index is 14.2. The van der Waals surface area contributed by atoms with Gasteiger partial charge in [-0.15, -0.1) is 0 Å². The average molecular weight is 525 g/mol. The summed E-state index contributed by atoms with van der Waals surface area (Å²) in [5.41, 5.74) is 6.71. The van der Waals surface area contributed by atoms with E-state index in [9.17, 15) is 14.7 Å². The molecule has 1 aromatic heterocycles. The fraction of sp³-hybridized carbons (Fsp3) is 0.258. The highest BCUT2D eigenvalue weighted by Gasteiger charge is 2.29. The van der Waals surface area contributed by atoms with Crippen molar-refractivity contribution < 1.29 is 19.4 Å². The van der Waals surface area contributed by atoms with Crippen LogP contribution in [0.5, 0.6) is 0 Å². The van der Waals surface area contributed by atoms with E-state index in [0.29, 0.717) is 34.4 Å². The Morgan fingerprint density at radius 3 is 2.41 bits per heavy atom. The van der Waals surface area contributed by atoms with Crippen LogP contribution in [-0.4, -0.2) is 53.3 Å². The summed E-state index contributed by atoms with van der Waals surface area (Å²) in [7, 11) is 1.27. The molecule has 1 atom stereocenters. The van der Waals surface area contributed by atoms with Crippen LogP contribution >= 0.6 is 0 Å². The van der Waals surface area contributed by atoms with Crippen LogP contribution in [0.3, 0.4) is 0 Å². The van der Waals surface area contributed by atoms with Gasteiger partial charge in [0, 0.05) is 29.1 Å². The van der Waals surface area contributed by atoms with Gasteiger partial charge in [0.2, 0.25) is 0 Å². The molecule has 2 amide bonds. The highest BCUT2D eigenvalue weighted by Crippen LogP contribution is 2.33. The van der Waals surface area contributed by atoms with Crippen molar-refractivity contribution in [2.45, 2.75) is 31.8 Å². The van der Waals surface area contributed by atoms with Gasteiger partial charge in [-0.2, -0.15) is 5.01 Å². The number of rotatable bonds is 6. The van der Waals surface area contributed by atoms with Crippen LogP contribution in [0.25, 0.3) is 22.2 Å². The molecule has 4 aromatic rings. The number of aliphatic hydroxyl groups is 1. The molecule has 2 N–H and O–H groups in total. The van der Waals surface area contributed by atoms with Crippen LogP contribution in [0.1, 0.15) is 35.2 Å². The van der Waals surface area contributed by atoms with Crippen molar-refractivity contribution in [1.29, 1.82) is 0 Å². The highest BCUT2D eigenvalue weighted by molar-refractivity contribution is 6.10. The monoisotopic (exact) mass is 524 g/mol. The standard InChI is InChI=1S/C31H32N4O4/c1-39-31(38)35(23-14-6-3-7-15-23)33-30(37)28-25-17-8-9-18-27(25)32-29(22-12-4-2-5-13-22)26(28)20-34-19-11-10-16-24(34)21-36/h2-9,12-15,17-18,24,36H,10-11,16,19-21H2,1H3,(H,33,37). The number of amides is 2. The molecule has 0 bridgehead atoms. The highest BCUT2D eigenvalue weighted by atomic mass is 16.5. The summed E-state index contributed by atoms with van der Waals surface area (Å²) >= 11 is 0. The lowest BCUT2D eigenvalue weighted by Gasteiger charge is -2.35. The first-order valence-electron chi connectivity index (χ1n) is 13.2. The Morgan fingerprint density at radius 1 is 1.00 bits per heavy atom. The zero-order valence-corrected chi connectivity index (χ0v) is 21.9. The Bertz CT molecular complexity index is 1450. The van der Waals surface area contributed by atoms with Crippen LogP contribution in [0, 0.1) is 0 Å². The number of piperidine rings is 1. The summed E-state index contributed by atoms with van der Waals surface area (Å²) in [6.07, 6.45) is 2.25. The summed E-state index contributed by atoms with van der Waals surface area (Å²) in [6, 6.07) is 26.2. The molecule has 39 heavy (non-hydrogen) atoms. The third-order valence-electron chi connectivity index (χ3n) is 7.17. The van der Waals surface area contributed by atoms with Crippen molar-refractivity contribution in [2.75, 3.05) is 25.3 Å². The van der Waals surface area contributed by atoms with Crippen molar-refractivity contribution in [2.24, 2.45) is 0 Å². The smallest absolute Gasteiger partial charge is 0.433 e. The molecular weight excluding hydrogens is 492 g/mol. The van der Waals surface area contributed by atoms with E-state index in [2.05, 4.69) is 10.3 Å². The van der Waals surface area contributed by atoms with Crippen LogP contribution in [0.2, 0.25) is 0 Å². The fourth-order valence-corrected chi connectivity index (χ4v) is 5.22. The van der Waals surface area contributed by atoms with E-state index < -0.39 is 12.0 Å². The van der Waals surface area contributed by atoms with E-state index in [4.69, 9.17) is 9.72 Å². The number of hydrazine groups is 1. The molecule has 1 aliphatic rings. The molecule has 8 nitrogen and oxygen atoms in total. The van der Waals surface area contributed by atoms with E-state index in [1.807, 2.05) is 60.7 Å². The topological polar surface area (TPSA) is 95.0 Å². The van der Waals surface area contributed by atoms with Crippen molar-refractivity contribution >= 4 is 28.6 Å². The number of methoxy groups -OCH3 is 1. The second-order valence-corrected chi connectivity index (χ2v) is 9.58. The largest absolute Gasteiger partial charge is 0.451 e. The first-order valence-corrected chi connectivity index (χ1v) is 13.2. The molecule has 8 heteroatoms. The predicted octanol–water partition coefficient (Wildman–Crippen LogP) is 5.17. The number of carbonyl (C=O) groups is 2. The quantitative estimate of drug-likeness (QED) is 0.338. The number of hydrogen-bond donors (Lipinski definition) is 2. The molecule has 1 saturated heterocycles. The number of fused-ring (bicyclic) bond motifs is 1. The molecule has 1 aliphatic heterocycles. The Morgan fingerprint density at radius 2 is 1.69 bits per heavy atom. The van der Waals surface area contributed by atoms with Crippen molar-refractivity contribution in [3.05, 3.63) is 96.1 Å². The number of pyridine rings is 1. The molecule has 5 rings (SSSR count). The molecule has 1 fully saturated rings. The minimum atomic E-state index is -0.714. The Balaban J connectivity index is 1.68. The van der Waals surface area contributed by atoms with Gasteiger partial charge in [-0.25, -0.2) is 9.78 Å². The number of aliphatic hydroxyl groups excluding tert-OH is 1. The third kappa shape index (κ3) is 5.62. The second-order valence-electron chi connectivity index (χ2n) is 9.58. The van der Waals surface area contributed by atoms with Crippen LogP contribution in [0.4, 0.5) is 10.5 Å². The van der Waals surface area contributed by atoms with Gasteiger partial charge in [0.15, 0.2) is 0 Å². The van der Waals surface area contributed by atoms with Crippen molar-refractivity contribution in [3.63, 3.8) is 0 Å². The molecule has 1 unspecified atom stereocenters. The molecule has 0 spiro atoms. The number of hydrogen-bond acceptors (Lipinski definition) is 6. The fourth-order valence-electron chi connectivity index (χ4n) is 5.22. The zero-order chi connectivity index (χ0) is 27.2. The van der Waals surface area contributed by atoms with E-state index >= 15 is 0 Å². The Kier molecular flexibility index (Phi) is 8.15. The minimum Gasteiger partial charge on any atom is -0.451 e. The summed E-state index contributed by atoms with van der Waals surface area (Å²) in [5, 5.41) is 11.9. The first-order chi connectivity index (χ1) is 19.1. The Hall–Kier alpha value is -4.27. The molecule has 3 aromatic carbocycles. The average Bonchev–Trinajstić information content (AvgIpc) is 3.00. The zero-order valence-electron chi connectivity index (χ0n) is 21.9. The first kappa shape index (κ1) is 26.3.